The first-order valence-corrected chi connectivity index (χ1v) is 6.24. The lowest BCUT2D eigenvalue weighted by atomic mass is 10.1. The molecule has 0 spiro atoms. The normalized spacial score (nSPS) is 8.94. The quantitative estimate of drug-likeness (QED) is 0.602. The predicted molar refractivity (Wildman–Crippen MR) is 74.1 cm³/mol. The van der Waals surface area contributed by atoms with E-state index in [1.54, 1.807) is 0 Å². The van der Waals surface area contributed by atoms with Gasteiger partial charge in [-0.3, -0.25) is 9.59 Å². The molecule has 3 N–H and O–H groups in total. The molecular formula is C14H22N2O2. The number of rotatable bonds is 6. The van der Waals surface area contributed by atoms with E-state index in [9.17, 15) is 4.79 Å². The van der Waals surface area contributed by atoms with Gasteiger partial charge in [0, 0.05) is 12.1 Å². The summed E-state index contributed by atoms with van der Waals surface area (Å²) in [5.74, 6) is 0.123. The van der Waals surface area contributed by atoms with E-state index in [0.29, 0.717) is 6.42 Å². The molecule has 0 atom stereocenters. The van der Waals surface area contributed by atoms with Crippen LogP contribution < -0.4 is 11.1 Å². The molecule has 4 nitrogen and oxygen atoms in total. The molecule has 0 heterocycles. The molecule has 4 heteroatoms. The largest absolute Gasteiger partial charge is 0.372 e. The third kappa shape index (κ3) is 9.39. The Morgan fingerprint density at radius 3 is 2.39 bits per heavy atom. The summed E-state index contributed by atoms with van der Waals surface area (Å²) in [6.45, 7) is 2.17. The zero-order valence-electron chi connectivity index (χ0n) is 10.9. The molecule has 1 rings (SSSR count). The molecule has 0 radical (unpaired) electrons. The van der Waals surface area contributed by atoms with E-state index in [4.69, 9.17) is 4.79 Å². The summed E-state index contributed by atoms with van der Waals surface area (Å²) in [4.78, 5) is 20.0. The topological polar surface area (TPSA) is 72.2 Å². The van der Waals surface area contributed by atoms with E-state index in [-0.39, 0.29) is 12.3 Å². The number of benzene rings is 1. The lowest BCUT2D eigenvalue weighted by Crippen LogP contribution is -2.10. The number of unbranched alkanes of at least 4 members (excludes halogenated alkanes) is 3. The molecule has 1 aromatic carbocycles. The van der Waals surface area contributed by atoms with Crippen molar-refractivity contribution in [1.29, 1.82) is 0 Å². The monoisotopic (exact) mass is 250 g/mol. The van der Waals surface area contributed by atoms with Crippen molar-refractivity contribution >= 4 is 18.0 Å². The fourth-order valence-electron chi connectivity index (χ4n) is 1.46. The van der Waals surface area contributed by atoms with Gasteiger partial charge in [0.2, 0.25) is 12.3 Å². The molecule has 18 heavy (non-hydrogen) atoms. The standard InChI is InChI=1S/C13H19NO.CH3NO/c1-2-3-4-8-11-13(15)14-12-9-6-5-7-10-12;2-1-3/h5-7,9-10H,2-4,8,11H2,1H3,(H,14,15);1H,(H2,2,3). The second-order valence-electron chi connectivity index (χ2n) is 3.86. The molecular weight excluding hydrogens is 228 g/mol. The highest BCUT2D eigenvalue weighted by Gasteiger charge is 2.00. The highest BCUT2D eigenvalue weighted by Crippen LogP contribution is 2.07. The van der Waals surface area contributed by atoms with Crippen LogP contribution in [0.25, 0.3) is 0 Å². The van der Waals surface area contributed by atoms with Gasteiger partial charge in [0.05, 0.1) is 0 Å². The minimum Gasteiger partial charge on any atom is -0.372 e. The summed E-state index contributed by atoms with van der Waals surface area (Å²) in [5.41, 5.74) is 5.05. The van der Waals surface area contributed by atoms with Crippen molar-refractivity contribution in [1.82, 2.24) is 0 Å². The summed E-state index contributed by atoms with van der Waals surface area (Å²) >= 11 is 0. The Hall–Kier alpha value is -1.84. The highest BCUT2D eigenvalue weighted by molar-refractivity contribution is 5.90. The van der Waals surface area contributed by atoms with Crippen molar-refractivity contribution in [2.75, 3.05) is 5.32 Å². The minimum absolute atomic E-state index is 0.123. The molecule has 0 saturated carbocycles. The Balaban J connectivity index is 0.000000873. The van der Waals surface area contributed by atoms with E-state index in [2.05, 4.69) is 18.0 Å². The van der Waals surface area contributed by atoms with E-state index < -0.39 is 0 Å². The molecule has 0 saturated heterocycles. The second-order valence-corrected chi connectivity index (χ2v) is 3.86. The lowest BCUT2D eigenvalue weighted by Gasteiger charge is -2.04. The van der Waals surface area contributed by atoms with E-state index >= 15 is 0 Å². The van der Waals surface area contributed by atoms with E-state index in [1.807, 2.05) is 30.3 Å². The van der Waals surface area contributed by atoms with Crippen LogP contribution in [0.5, 0.6) is 0 Å². The SMILES string of the molecule is CCCCCCC(=O)Nc1ccccc1.NC=O. The second kappa shape index (κ2) is 11.6. The Morgan fingerprint density at radius 1 is 1.22 bits per heavy atom. The van der Waals surface area contributed by atoms with Crippen LogP contribution in [0.15, 0.2) is 30.3 Å². The third-order valence-corrected chi connectivity index (χ3v) is 2.31. The Labute approximate surface area is 109 Å². The van der Waals surface area contributed by atoms with Crippen molar-refractivity contribution in [2.45, 2.75) is 39.0 Å². The van der Waals surface area contributed by atoms with Gasteiger partial charge in [-0.15, -0.1) is 0 Å². The molecule has 2 amide bonds. The van der Waals surface area contributed by atoms with Gasteiger partial charge in [0.1, 0.15) is 0 Å². The molecule has 0 aliphatic carbocycles. The van der Waals surface area contributed by atoms with Crippen LogP contribution in [0, 0.1) is 0 Å². The number of para-hydroxylation sites is 1. The smallest absolute Gasteiger partial charge is 0.224 e. The maximum Gasteiger partial charge on any atom is 0.224 e. The molecule has 100 valence electrons. The summed E-state index contributed by atoms with van der Waals surface area (Å²) < 4.78 is 0. The lowest BCUT2D eigenvalue weighted by molar-refractivity contribution is -0.116. The van der Waals surface area contributed by atoms with Gasteiger partial charge >= 0.3 is 0 Å². The van der Waals surface area contributed by atoms with Gasteiger partial charge < -0.3 is 11.1 Å². The first-order valence-electron chi connectivity index (χ1n) is 6.24. The molecule has 0 aliphatic heterocycles. The molecule has 0 aliphatic rings. The van der Waals surface area contributed by atoms with Crippen molar-refractivity contribution in [3.63, 3.8) is 0 Å². The first-order chi connectivity index (χ1) is 8.74. The fraction of sp³-hybridized carbons (Fsp3) is 0.429. The Kier molecular flexibility index (Phi) is 10.4. The van der Waals surface area contributed by atoms with Crippen LogP contribution in [0.3, 0.4) is 0 Å². The number of hydrogen-bond donors (Lipinski definition) is 2. The summed E-state index contributed by atoms with van der Waals surface area (Å²) in [5, 5.41) is 2.88. The maximum absolute atomic E-state index is 11.5. The van der Waals surface area contributed by atoms with E-state index in [0.717, 1.165) is 18.5 Å². The average molecular weight is 250 g/mol. The van der Waals surface area contributed by atoms with Gasteiger partial charge in [0.15, 0.2) is 0 Å². The number of primary amides is 1. The highest BCUT2D eigenvalue weighted by atomic mass is 16.1. The van der Waals surface area contributed by atoms with Gasteiger partial charge in [-0.25, -0.2) is 0 Å². The van der Waals surface area contributed by atoms with Crippen LogP contribution in [0.1, 0.15) is 39.0 Å². The minimum atomic E-state index is 0.123. The Bertz CT molecular complexity index is 326. The predicted octanol–water partition coefficient (Wildman–Crippen LogP) is 2.70. The summed E-state index contributed by atoms with van der Waals surface area (Å²) in [7, 11) is 0. The third-order valence-electron chi connectivity index (χ3n) is 2.31. The molecule has 0 fully saturated rings. The molecule has 1 aromatic rings. The zero-order valence-corrected chi connectivity index (χ0v) is 10.9. The van der Waals surface area contributed by atoms with E-state index in [1.165, 1.54) is 12.8 Å². The number of amides is 2. The number of carbonyl (C=O) groups is 2. The van der Waals surface area contributed by atoms with Gasteiger partial charge in [-0.2, -0.15) is 0 Å². The Morgan fingerprint density at radius 2 is 1.83 bits per heavy atom. The van der Waals surface area contributed by atoms with Crippen LogP contribution in [-0.2, 0) is 9.59 Å². The number of carbonyl (C=O) groups excluding carboxylic acids is 2. The van der Waals surface area contributed by atoms with Crippen molar-refractivity contribution < 1.29 is 9.59 Å². The van der Waals surface area contributed by atoms with Gasteiger partial charge in [0.25, 0.3) is 0 Å². The van der Waals surface area contributed by atoms with Gasteiger partial charge in [-0.1, -0.05) is 44.4 Å². The fourth-order valence-corrected chi connectivity index (χ4v) is 1.46. The van der Waals surface area contributed by atoms with Crippen molar-refractivity contribution in [2.24, 2.45) is 5.73 Å². The number of nitrogens with two attached hydrogens (primary N) is 1. The number of hydrogen-bond acceptors (Lipinski definition) is 2. The molecule has 0 bridgehead atoms. The van der Waals surface area contributed by atoms with Gasteiger partial charge in [-0.05, 0) is 18.6 Å². The number of anilines is 1. The molecule has 0 aromatic heterocycles. The van der Waals surface area contributed by atoms with Crippen molar-refractivity contribution in [3.05, 3.63) is 30.3 Å². The zero-order chi connectivity index (χ0) is 13.6. The summed E-state index contributed by atoms with van der Waals surface area (Å²) in [6, 6.07) is 9.60. The van der Waals surface area contributed by atoms with Crippen LogP contribution in [0.4, 0.5) is 5.69 Å². The maximum atomic E-state index is 11.5. The van der Waals surface area contributed by atoms with Crippen molar-refractivity contribution in [3.8, 4) is 0 Å². The number of nitrogens with one attached hydrogen (secondary N) is 1. The van der Waals surface area contributed by atoms with Crippen LogP contribution in [-0.4, -0.2) is 12.3 Å². The van der Waals surface area contributed by atoms with Crippen LogP contribution >= 0.6 is 0 Å². The summed E-state index contributed by atoms with van der Waals surface area (Å²) in [6.07, 6.45) is 5.46. The first kappa shape index (κ1) is 16.2. The average Bonchev–Trinajstić information content (AvgIpc) is 2.37. The van der Waals surface area contributed by atoms with Crippen LogP contribution in [0.2, 0.25) is 0 Å². The molecule has 0 unspecified atom stereocenters.